The molecule has 0 aliphatic carbocycles. The van der Waals surface area contributed by atoms with E-state index in [-0.39, 0.29) is 6.42 Å². The summed E-state index contributed by atoms with van der Waals surface area (Å²) in [6.45, 7) is 1.41. The Bertz CT molecular complexity index is 176. The summed E-state index contributed by atoms with van der Waals surface area (Å²) < 4.78 is 0. The molecule has 0 aromatic heterocycles. The first-order valence-corrected chi connectivity index (χ1v) is 3.10. The van der Waals surface area contributed by atoms with E-state index in [1.807, 2.05) is 0 Å². The summed E-state index contributed by atoms with van der Waals surface area (Å²) in [7, 11) is 0. The Morgan fingerprint density at radius 2 is 1.82 bits per heavy atom. The van der Waals surface area contributed by atoms with Crippen LogP contribution in [0.5, 0.6) is 0 Å². The van der Waals surface area contributed by atoms with Gasteiger partial charge in [0, 0.05) is 0 Å². The molecule has 5 nitrogen and oxygen atoms in total. The zero-order valence-electron chi connectivity index (χ0n) is 6.07. The summed E-state index contributed by atoms with van der Waals surface area (Å²) in [4.78, 5) is 20.3. The molecule has 11 heavy (non-hydrogen) atoms. The van der Waals surface area contributed by atoms with Crippen LogP contribution in [-0.2, 0) is 9.59 Å². The Kier molecular flexibility index (Phi) is 3.00. The minimum absolute atomic E-state index is 0.116. The first-order valence-electron chi connectivity index (χ1n) is 3.10. The van der Waals surface area contributed by atoms with Gasteiger partial charge in [0.2, 0.25) is 0 Å². The van der Waals surface area contributed by atoms with Crippen molar-refractivity contribution in [2.75, 3.05) is 0 Å². The van der Waals surface area contributed by atoms with Crippen LogP contribution in [0.15, 0.2) is 0 Å². The number of carboxylic acids is 2. The summed E-state index contributed by atoms with van der Waals surface area (Å²) in [6.07, 6.45) is -0.881. The van der Waals surface area contributed by atoms with Gasteiger partial charge in [-0.3, -0.25) is 4.79 Å². The molecule has 64 valence electrons. The Morgan fingerprint density at radius 1 is 1.36 bits per heavy atom. The van der Waals surface area contributed by atoms with Crippen LogP contribution in [0.4, 0.5) is 0 Å². The molecule has 1 atom stereocenters. The highest BCUT2D eigenvalue weighted by Crippen LogP contribution is 2.14. The summed E-state index contributed by atoms with van der Waals surface area (Å²) in [6, 6.07) is 0. The van der Waals surface area contributed by atoms with Crippen LogP contribution in [-0.4, -0.2) is 32.9 Å². The van der Waals surface area contributed by atoms with Crippen LogP contribution in [0.25, 0.3) is 0 Å². The smallest absolute Gasteiger partial charge is 0.336 e. The molecular weight excluding hydrogens is 152 g/mol. The van der Waals surface area contributed by atoms with Crippen molar-refractivity contribution in [1.82, 2.24) is 0 Å². The maximum atomic E-state index is 10.3. The summed E-state index contributed by atoms with van der Waals surface area (Å²) >= 11 is 0. The molecule has 0 saturated carbocycles. The number of hydrogen-bond acceptors (Lipinski definition) is 3. The number of rotatable bonds is 4. The average Bonchev–Trinajstić information content (AvgIpc) is 1.86. The fraction of sp³-hybridized carbons (Fsp3) is 0.667. The van der Waals surface area contributed by atoms with E-state index in [1.165, 1.54) is 6.92 Å². The highest BCUT2D eigenvalue weighted by atomic mass is 16.4. The van der Waals surface area contributed by atoms with Gasteiger partial charge in [-0.05, 0) is 6.42 Å². The van der Waals surface area contributed by atoms with E-state index < -0.39 is 24.0 Å². The third-order valence-corrected chi connectivity index (χ3v) is 1.43. The molecule has 0 fully saturated rings. The van der Waals surface area contributed by atoms with Gasteiger partial charge in [-0.25, -0.2) is 4.79 Å². The van der Waals surface area contributed by atoms with E-state index in [0.29, 0.717) is 0 Å². The largest absolute Gasteiger partial charge is 0.481 e. The first kappa shape index (κ1) is 9.90. The van der Waals surface area contributed by atoms with E-state index in [0.717, 1.165) is 0 Å². The molecule has 0 rings (SSSR count). The third-order valence-electron chi connectivity index (χ3n) is 1.43. The van der Waals surface area contributed by atoms with Crippen molar-refractivity contribution in [3.8, 4) is 0 Å². The van der Waals surface area contributed by atoms with E-state index >= 15 is 0 Å². The highest BCUT2D eigenvalue weighted by Gasteiger charge is 2.36. The van der Waals surface area contributed by atoms with Gasteiger partial charge in [-0.15, -0.1) is 0 Å². The molecule has 0 aromatic rings. The predicted octanol–water partition coefficient (Wildman–Crippen LogP) is -0.313. The molecule has 0 spiro atoms. The zero-order chi connectivity index (χ0) is 9.07. The number of carboxylic acid groups (broad SMARTS) is 2. The molecular formula is C6H10O5. The maximum absolute atomic E-state index is 10.3. The van der Waals surface area contributed by atoms with Crippen molar-refractivity contribution in [1.29, 1.82) is 0 Å². The van der Waals surface area contributed by atoms with Crippen LogP contribution in [0.3, 0.4) is 0 Å². The van der Waals surface area contributed by atoms with Crippen molar-refractivity contribution >= 4 is 11.9 Å². The molecule has 5 heteroatoms. The maximum Gasteiger partial charge on any atom is 0.336 e. The van der Waals surface area contributed by atoms with Gasteiger partial charge in [-0.1, -0.05) is 6.92 Å². The molecule has 0 saturated heterocycles. The average molecular weight is 162 g/mol. The van der Waals surface area contributed by atoms with E-state index in [9.17, 15) is 9.59 Å². The summed E-state index contributed by atoms with van der Waals surface area (Å²) in [5, 5.41) is 25.7. The Labute approximate surface area is 63.3 Å². The van der Waals surface area contributed by atoms with Crippen LogP contribution in [0.2, 0.25) is 0 Å². The highest BCUT2D eigenvalue weighted by molar-refractivity contribution is 5.83. The second-order valence-corrected chi connectivity index (χ2v) is 2.26. The standard InChI is InChI=1S/C6H10O5/c1-2-6(11,5(9)10)3-4(7)8/h11H,2-3H2,1H3,(H,7,8)(H,9,10)/t6-/m1/s1. The lowest BCUT2D eigenvalue weighted by molar-refractivity contribution is -0.165. The SMILES string of the molecule is CC[C@@](O)(CC(=O)O)C(=O)O. The van der Waals surface area contributed by atoms with E-state index in [2.05, 4.69) is 0 Å². The van der Waals surface area contributed by atoms with Crippen molar-refractivity contribution in [2.24, 2.45) is 0 Å². The molecule has 0 heterocycles. The fourth-order valence-corrected chi connectivity index (χ4v) is 0.602. The lowest BCUT2D eigenvalue weighted by Crippen LogP contribution is -2.39. The Morgan fingerprint density at radius 3 is 1.91 bits per heavy atom. The third kappa shape index (κ3) is 2.55. The van der Waals surface area contributed by atoms with Crippen LogP contribution < -0.4 is 0 Å². The zero-order valence-corrected chi connectivity index (χ0v) is 6.07. The van der Waals surface area contributed by atoms with Crippen LogP contribution in [0.1, 0.15) is 19.8 Å². The second kappa shape index (κ2) is 3.34. The Balaban J connectivity index is 4.34. The molecule has 0 aliphatic rings. The normalized spacial score (nSPS) is 15.5. The molecule has 3 N–H and O–H groups in total. The van der Waals surface area contributed by atoms with Gasteiger partial charge in [0.15, 0.2) is 5.60 Å². The van der Waals surface area contributed by atoms with Gasteiger partial charge in [0.05, 0.1) is 6.42 Å². The number of aliphatic hydroxyl groups is 1. The molecule has 0 bridgehead atoms. The minimum atomic E-state index is -2.12. The number of carbonyl (C=O) groups is 2. The topological polar surface area (TPSA) is 94.8 Å². The molecule has 0 aliphatic heterocycles. The van der Waals surface area contributed by atoms with Crippen molar-refractivity contribution in [2.45, 2.75) is 25.4 Å². The van der Waals surface area contributed by atoms with Gasteiger partial charge in [-0.2, -0.15) is 0 Å². The van der Waals surface area contributed by atoms with Gasteiger partial charge in [0.25, 0.3) is 0 Å². The fourth-order valence-electron chi connectivity index (χ4n) is 0.602. The van der Waals surface area contributed by atoms with Gasteiger partial charge in [0.1, 0.15) is 0 Å². The number of hydrogen-bond donors (Lipinski definition) is 3. The Hall–Kier alpha value is -1.10. The van der Waals surface area contributed by atoms with Crippen LogP contribution in [0, 0.1) is 0 Å². The summed E-state index contributed by atoms with van der Waals surface area (Å²) in [5.41, 5.74) is -2.12. The molecule has 0 amide bonds. The van der Waals surface area contributed by atoms with Crippen molar-refractivity contribution in [3.63, 3.8) is 0 Å². The van der Waals surface area contributed by atoms with Crippen LogP contribution >= 0.6 is 0 Å². The second-order valence-electron chi connectivity index (χ2n) is 2.26. The minimum Gasteiger partial charge on any atom is -0.481 e. The first-order chi connectivity index (χ1) is 4.92. The van der Waals surface area contributed by atoms with Crippen molar-refractivity contribution in [3.05, 3.63) is 0 Å². The lowest BCUT2D eigenvalue weighted by atomic mass is 9.97. The predicted molar refractivity (Wildman–Crippen MR) is 35.1 cm³/mol. The molecule has 0 unspecified atom stereocenters. The van der Waals surface area contributed by atoms with Gasteiger partial charge < -0.3 is 15.3 Å². The number of aliphatic carboxylic acids is 2. The van der Waals surface area contributed by atoms with E-state index in [4.69, 9.17) is 15.3 Å². The lowest BCUT2D eigenvalue weighted by Gasteiger charge is -2.18. The van der Waals surface area contributed by atoms with Crippen molar-refractivity contribution < 1.29 is 24.9 Å². The van der Waals surface area contributed by atoms with E-state index in [1.54, 1.807) is 0 Å². The van der Waals surface area contributed by atoms with Gasteiger partial charge >= 0.3 is 11.9 Å². The quantitative estimate of drug-likeness (QED) is 0.527. The summed E-state index contributed by atoms with van der Waals surface area (Å²) in [5.74, 6) is -2.82. The molecule has 0 radical (unpaired) electrons. The molecule has 0 aromatic carbocycles. The monoisotopic (exact) mass is 162 g/mol.